The van der Waals surface area contributed by atoms with E-state index in [1.807, 2.05) is 76.2 Å². The number of nitrogens with zero attached hydrogens (tertiary/aromatic N) is 5. The summed E-state index contributed by atoms with van der Waals surface area (Å²) in [6.07, 6.45) is -1.35. The lowest BCUT2D eigenvalue weighted by molar-refractivity contribution is -0.174. The first kappa shape index (κ1) is 65.2. The van der Waals surface area contributed by atoms with Crippen molar-refractivity contribution in [1.29, 1.82) is 0 Å². The molecule has 2 aromatic carbocycles. The third kappa shape index (κ3) is 16.4. The molecule has 2 aliphatic heterocycles. The minimum Gasteiger partial charge on any atom is -0.450 e. The number of amides is 8. The molecule has 79 heavy (non-hydrogen) atoms. The maximum Gasteiger partial charge on any atom is 0.332 e. The second-order valence-electron chi connectivity index (χ2n) is 23.0. The zero-order valence-corrected chi connectivity index (χ0v) is 49.6. The van der Waals surface area contributed by atoms with Gasteiger partial charge in [0.05, 0.1) is 6.10 Å². The highest BCUT2D eigenvalue weighted by Crippen LogP contribution is 2.26. The predicted octanol–water partition coefficient (Wildman–Crippen LogP) is 4.37. The van der Waals surface area contributed by atoms with Gasteiger partial charge in [-0.2, -0.15) is 0 Å². The fourth-order valence-corrected chi connectivity index (χ4v) is 10.9. The van der Waals surface area contributed by atoms with E-state index in [1.165, 1.54) is 47.8 Å². The Labute approximate surface area is 469 Å². The van der Waals surface area contributed by atoms with Crippen molar-refractivity contribution >= 4 is 53.2 Å². The molecule has 0 radical (unpaired) electrons. The average molecular weight is 1100 g/mol. The van der Waals surface area contributed by atoms with E-state index in [4.69, 9.17) is 4.74 Å². The first-order chi connectivity index (χ1) is 37.2. The number of carbonyl (C=O) groups is 9. The minimum absolute atomic E-state index is 0.00397. The van der Waals surface area contributed by atoms with Crippen molar-refractivity contribution in [2.24, 2.45) is 29.6 Å². The van der Waals surface area contributed by atoms with Gasteiger partial charge in [-0.3, -0.25) is 38.4 Å². The van der Waals surface area contributed by atoms with Crippen molar-refractivity contribution in [2.45, 2.75) is 188 Å². The zero-order valence-electron chi connectivity index (χ0n) is 49.6. The minimum atomic E-state index is -1.65. The highest BCUT2D eigenvalue weighted by atomic mass is 16.6. The third-order valence-corrected chi connectivity index (χ3v) is 16.0. The van der Waals surface area contributed by atoms with Crippen LogP contribution in [0, 0.1) is 29.6 Å². The molecule has 0 aromatic heterocycles. The number of ether oxygens (including phenoxy) is 1. The topological polar surface area (TPSA) is 235 Å². The van der Waals surface area contributed by atoms with Crippen LogP contribution in [0.15, 0.2) is 60.7 Å². The molecule has 12 atom stereocenters. The summed E-state index contributed by atoms with van der Waals surface area (Å²) < 4.78 is 6.09. The van der Waals surface area contributed by atoms with Gasteiger partial charge in [0.15, 0.2) is 12.1 Å². The first-order valence-electron chi connectivity index (χ1n) is 28.5. The maximum absolute atomic E-state index is 15.3. The van der Waals surface area contributed by atoms with Gasteiger partial charge in [-0.25, -0.2) is 4.79 Å². The molecule has 0 bridgehead atoms. The van der Waals surface area contributed by atoms with Crippen LogP contribution in [0.1, 0.15) is 126 Å². The fourth-order valence-electron chi connectivity index (χ4n) is 10.9. The molecule has 2 fully saturated rings. The highest BCUT2D eigenvalue weighted by molar-refractivity contribution is 5.99. The number of aliphatic hydroxyl groups is 1. The van der Waals surface area contributed by atoms with E-state index >= 15 is 9.59 Å². The Morgan fingerprint density at radius 2 is 1.03 bits per heavy atom. The van der Waals surface area contributed by atoms with Crippen LogP contribution in [-0.4, -0.2) is 178 Å². The number of nitrogens with one attached hydrogen (secondary N) is 3. The molecule has 0 saturated carbocycles. The van der Waals surface area contributed by atoms with Crippen LogP contribution in [-0.2, 0) is 60.7 Å². The average Bonchev–Trinajstić information content (AvgIpc) is 3.93. The lowest BCUT2D eigenvalue weighted by atomic mass is 9.94. The smallest absolute Gasteiger partial charge is 0.332 e. The van der Waals surface area contributed by atoms with E-state index in [9.17, 15) is 38.7 Å². The Morgan fingerprint density at radius 3 is 1.52 bits per heavy atom. The maximum atomic E-state index is 15.3. The Morgan fingerprint density at radius 1 is 0.544 bits per heavy atom. The molecule has 438 valence electrons. The van der Waals surface area contributed by atoms with Gasteiger partial charge in [0.2, 0.25) is 41.4 Å². The van der Waals surface area contributed by atoms with Crippen LogP contribution >= 0.6 is 0 Å². The van der Waals surface area contributed by atoms with E-state index in [0.717, 1.165) is 10.5 Å². The summed E-state index contributed by atoms with van der Waals surface area (Å²) in [5, 5.41) is 20.3. The normalized spacial score (nSPS) is 26.7. The second-order valence-corrected chi connectivity index (χ2v) is 23.0. The summed E-state index contributed by atoms with van der Waals surface area (Å²) in [4.78, 5) is 140. The SMILES string of the molecule is CC[C@@H](O)[C@@H]1C(=O)O[C@H]([C@@H](C)CC)C(=O)N(C)[C@@H](C(C)C)C(=O)N[C@@H](Cc2ccccc2)C(=O)N(C)[C@@H](Cc2ccccc2)C(=O)N2CCCC2C(=O)N[C@@H]([C@@H](C)CC)C(=O)N(C)[C@@H](C(C)C)C(=O)N[C@@H](CC(C)C)C(=O)N1C. The summed E-state index contributed by atoms with van der Waals surface area (Å²) >= 11 is 0. The van der Waals surface area contributed by atoms with Crippen molar-refractivity contribution in [3.05, 3.63) is 71.8 Å². The lowest BCUT2D eigenvalue weighted by Crippen LogP contribution is -2.62. The molecule has 1 unspecified atom stereocenters. The molecule has 0 spiro atoms. The Kier molecular flexibility index (Phi) is 24.5. The monoisotopic (exact) mass is 1100 g/mol. The van der Waals surface area contributed by atoms with E-state index in [2.05, 4.69) is 16.0 Å². The van der Waals surface area contributed by atoms with Gasteiger partial charge < -0.3 is 50.3 Å². The first-order valence-corrected chi connectivity index (χ1v) is 28.5. The number of carbonyl (C=O) groups excluding carboxylic acids is 9. The zero-order chi connectivity index (χ0) is 59.2. The van der Waals surface area contributed by atoms with E-state index in [1.54, 1.807) is 60.6 Å². The summed E-state index contributed by atoms with van der Waals surface area (Å²) in [7, 11) is 5.69. The van der Waals surface area contributed by atoms with Crippen LogP contribution < -0.4 is 16.0 Å². The lowest BCUT2D eigenvalue weighted by Gasteiger charge is -2.38. The molecule has 2 saturated heterocycles. The van der Waals surface area contributed by atoms with Gasteiger partial charge in [0.25, 0.3) is 5.91 Å². The second kappa shape index (κ2) is 29.7. The molecule has 8 amide bonds. The molecular formula is C60H92N8O11. The van der Waals surface area contributed by atoms with E-state index in [0.29, 0.717) is 24.8 Å². The predicted molar refractivity (Wildman–Crippen MR) is 301 cm³/mol. The number of likely N-dealkylation sites (N-methyl/N-ethyl adjacent to an activating group) is 4. The van der Waals surface area contributed by atoms with Crippen molar-refractivity contribution in [3.8, 4) is 0 Å². The number of fused-ring (bicyclic) bond motifs is 1. The van der Waals surface area contributed by atoms with Gasteiger partial charge in [0.1, 0.15) is 42.3 Å². The largest absolute Gasteiger partial charge is 0.450 e. The highest BCUT2D eigenvalue weighted by Gasteiger charge is 2.46. The molecular weight excluding hydrogens is 1010 g/mol. The number of hydrogen-bond donors (Lipinski definition) is 4. The number of rotatable bonds is 14. The summed E-state index contributed by atoms with van der Waals surface area (Å²) in [6, 6.07) is 8.23. The van der Waals surface area contributed by atoms with Crippen molar-refractivity contribution in [3.63, 3.8) is 0 Å². The van der Waals surface area contributed by atoms with Gasteiger partial charge in [-0.05, 0) is 66.9 Å². The van der Waals surface area contributed by atoms with E-state index < -0.39 is 137 Å². The number of hydrogen-bond acceptors (Lipinski definition) is 11. The van der Waals surface area contributed by atoms with Gasteiger partial charge >= 0.3 is 5.97 Å². The Hall–Kier alpha value is -6.37. The molecule has 2 heterocycles. The van der Waals surface area contributed by atoms with Crippen LogP contribution in [0.2, 0.25) is 0 Å². The van der Waals surface area contributed by atoms with Crippen LogP contribution in [0.4, 0.5) is 0 Å². The summed E-state index contributed by atoms with van der Waals surface area (Å²) in [5.74, 6) is -8.54. The fraction of sp³-hybridized carbons (Fsp3) is 0.650. The molecule has 2 aromatic rings. The number of aliphatic hydroxyl groups excluding tert-OH is 1. The molecule has 0 aliphatic carbocycles. The summed E-state index contributed by atoms with van der Waals surface area (Å²) in [5.41, 5.74) is 1.42. The van der Waals surface area contributed by atoms with Crippen molar-refractivity contribution in [1.82, 2.24) is 40.4 Å². The van der Waals surface area contributed by atoms with Gasteiger partial charge in [-0.15, -0.1) is 0 Å². The van der Waals surface area contributed by atoms with E-state index in [-0.39, 0.29) is 44.6 Å². The molecule has 4 rings (SSSR count). The Balaban J connectivity index is 1.97. The molecule has 4 N–H and O–H groups in total. The van der Waals surface area contributed by atoms with Crippen LogP contribution in [0.5, 0.6) is 0 Å². The third-order valence-electron chi connectivity index (χ3n) is 16.0. The Bertz CT molecular complexity index is 2400. The van der Waals surface area contributed by atoms with Crippen LogP contribution in [0.3, 0.4) is 0 Å². The number of cyclic esters (lactones) is 1. The van der Waals surface area contributed by atoms with Crippen molar-refractivity contribution in [2.75, 3.05) is 34.7 Å². The quantitative estimate of drug-likeness (QED) is 0.194. The van der Waals surface area contributed by atoms with Crippen LogP contribution in [0.25, 0.3) is 0 Å². The molecule has 19 heteroatoms. The number of esters is 1. The molecule has 19 nitrogen and oxygen atoms in total. The van der Waals surface area contributed by atoms with Gasteiger partial charge in [0, 0.05) is 53.5 Å². The molecule has 2 aliphatic rings. The standard InChI is InChI=1S/C60H92N8O11/c1-16-38(10)47-58(76)65(13)48(36(6)7)53(71)61-42(32-35(4)5)56(74)67(15)50(46(69)18-3)60(78)79-51(39(11)17-2)59(77)66(14)49(37(8)9)54(72)62-43(33-40-26-21-19-22-27-40)55(73)64(12)45(34-41-28-23-20-24-29-41)57(75)68-31-25-30-44(68)52(70)63-47/h19-24,26-29,35-39,42-51,69H,16-18,25,30-34H2,1-15H3,(H,61,71)(H,62,72)(H,63,70)/t38-,39-,42-,43-,44?,45-,46+,47-,48-,49-,50+,51+/m0/s1. The van der Waals surface area contributed by atoms with Gasteiger partial charge in [-0.1, -0.05) is 143 Å². The number of benzene rings is 2. The summed E-state index contributed by atoms with van der Waals surface area (Å²) in [6.45, 7) is 19.7. The van der Waals surface area contributed by atoms with Crippen molar-refractivity contribution < 1.29 is 53.0 Å².